The van der Waals surface area contributed by atoms with E-state index in [2.05, 4.69) is 24.1 Å². The average Bonchev–Trinajstić information content (AvgIpc) is 2.41. The monoisotopic (exact) mass is 287 g/mol. The molecule has 0 spiro atoms. The van der Waals surface area contributed by atoms with Crippen LogP contribution in [0.1, 0.15) is 70.6 Å². The van der Waals surface area contributed by atoms with Gasteiger partial charge in [-0.1, -0.05) is 51.4 Å². The first kappa shape index (κ1) is 17.3. The van der Waals surface area contributed by atoms with Crippen molar-refractivity contribution in [3.05, 3.63) is 0 Å². The highest BCUT2D eigenvalue weighted by molar-refractivity contribution is 7.99. The summed E-state index contributed by atoms with van der Waals surface area (Å²) < 4.78 is 0. The number of rotatable bonds is 5. The minimum Gasteiger partial charge on any atom is -0.396 e. The Morgan fingerprint density at radius 3 is 2.11 bits per heavy atom. The Morgan fingerprint density at radius 1 is 0.947 bits per heavy atom. The highest BCUT2D eigenvalue weighted by Gasteiger charge is 2.19. The quantitative estimate of drug-likeness (QED) is 0.750. The third kappa shape index (κ3) is 8.21. The molecule has 0 radical (unpaired) electrons. The minimum atomic E-state index is 0.337. The molecule has 2 atom stereocenters. The van der Waals surface area contributed by atoms with E-state index < -0.39 is 0 Å². The molecule has 0 bridgehead atoms. The van der Waals surface area contributed by atoms with Crippen LogP contribution in [0, 0.1) is 0 Å². The number of thioether (sulfide) groups is 1. The van der Waals surface area contributed by atoms with Gasteiger partial charge in [-0.15, -0.1) is 0 Å². The minimum absolute atomic E-state index is 0.337. The molecule has 1 aliphatic carbocycles. The highest BCUT2D eigenvalue weighted by atomic mass is 32.2. The van der Waals surface area contributed by atoms with E-state index in [-0.39, 0.29) is 0 Å². The fourth-order valence-electron chi connectivity index (χ4n) is 2.99. The maximum Gasteiger partial charge on any atom is 0.0438 e. The smallest absolute Gasteiger partial charge is 0.0438 e. The summed E-state index contributed by atoms with van der Waals surface area (Å²) in [5.41, 5.74) is 0. The van der Waals surface area contributed by atoms with Gasteiger partial charge in [0.15, 0.2) is 0 Å². The summed E-state index contributed by atoms with van der Waals surface area (Å²) in [6, 6.07) is 0.670. The second-order valence-corrected chi connectivity index (χ2v) is 7.13. The molecule has 1 aliphatic rings. The summed E-state index contributed by atoms with van der Waals surface area (Å²) in [4.78, 5) is 0. The fourth-order valence-corrected chi connectivity index (χ4v) is 4.42. The Labute approximate surface area is 124 Å². The molecule has 2 unspecified atom stereocenters. The van der Waals surface area contributed by atoms with Crippen molar-refractivity contribution >= 4 is 11.8 Å². The topological polar surface area (TPSA) is 32.3 Å². The van der Waals surface area contributed by atoms with Crippen molar-refractivity contribution in [2.75, 3.05) is 19.4 Å². The molecule has 1 rings (SSSR count). The van der Waals surface area contributed by atoms with Gasteiger partial charge in [0, 0.05) is 17.9 Å². The van der Waals surface area contributed by atoms with E-state index in [1.54, 1.807) is 0 Å². The molecule has 2 nitrogen and oxygen atoms in total. The van der Waals surface area contributed by atoms with Crippen LogP contribution in [0.3, 0.4) is 0 Å². The zero-order valence-electron chi connectivity index (χ0n) is 12.7. The molecular formula is C16H33NOS. The van der Waals surface area contributed by atoms with E-state index in [1.807, 2.05) is 0 Å². The molecule has 3 heteroatoms. The third-order valence-corrected chi connectivity index (χ3v) is 5.72. The molecule has 0 aromatic carbocycles. The highest BCUT2D eigenvalue weighted by Crippen LogP contribution is 2.26. The first-order valence-corrected chi connectivity index (χ1v) is 9.33. The van der Waals surface area contributed by atoms with Crippen LogP contribution in [0.2, 0.25) is 0 Å². The van der Waals surface area contributed by atoms with Crippen LogP contribution < -0.4 is 5.32 Å². The normalized spacial score (nSPS) is 27.5. The van der Waals surface area contributed by atoms with Gasteiger partial charge < -0.3 is 10.4 Å². The van der Waals surface area contributed by atoms with Crippen molar-refractivity contribution in [1.82, 2.24) is 5.32 Å². The number of hydrogen-bond donors (Lipinski definition) is 2. The van der Waals surface area contributed by atoms with E-state index >= 15 is 0 Å². The summed E-state index contributed by atoms with van der Waals surface area (Å²) in [7, 11) is 2.12. The number of aliphatic hydroxyl groups is 1. The van der Waals surface area contributed by atoms with Crippen molar-refractivity contribution in [3.8, 4) is 0 Å². The third-order valence-electron chi connectivity index (χ3n) is 4.21. The lowest BCUT2D eigenvalue weighted by Gasteiger charge is -2.27. The van der Waals surface area contributed by atoms with E-state index in [9.17, 15) is 0 Å². The standard InChI is InChI=1S/C16H33NOS/c1-17-15-11-8-6-4-2-3-5-7-9-12-16(15)19-14-10-13-18/h15-18H,2-14H2,1H3. The molecule has 2 N–H and O–H groups in total. The lowest BCUT2D eigenvalue weighted by Crippen LogP contribution is -2.36. The summed E-state index contributed by atoms with van der Waals surface area (Å²) >= 11 is 2.08. The van der Waals surface area contributed by atoms with Crippen molar-refractivity contribution in [3.63, 3.8) is 0 Å². The van der Waals surface area contributed by atoms with E-state index in [1.165, 1.54) is 64.2 Å². The van der Waals surface area contributed by atoms with Gasteiger partial charge in [0.05, 0.1) is 0 Å². The molecule has 19 heavy (non-hydrogen) atoms. The van der Waals surface area contributed by atoms with Gasteiger partial charge >= 0.3 is 0 Å². The maximum absolute atomic E-state index is 8.94. The van der Waals surface area contributed by atoms with Gasteiger partial charge in [0.25, 0.3) is 0 Å². The number of aliphatic hydroxyl groups excluding tert-OH is 1. The zero-order valence-corrected chi connectivity index (χ0v) is 13.5. The van der Waals surface area contributed by atoms with Crippen LogP contribution in [0.25, 0.3) is 0 Å². The molecule has 114 valence electrons. The molecule has 0 saturated heterocycles. The maximum atomic E-state index is 8.94. The van der Waals surface area contributed by atoms with Gasteiger partial charge in [-0.05, 0) is 32.1 Å². The Hall–Kier alpha value is 0.270. The van der Waals surface area contributed by atoms with Crippen molar-refractivity contribution < 1.29 is 5.11 Å². The zero-order chi connectivity index (χ0) is 13.8. The van der Waals surface area contributed by atoms with Gasteiger partial charge in [0.1, 0.15) is 0 Å². The molecule has 0 aromatic heterocycles. The van der Waals surface area contributed by atoms with Gasteiger partial charge in [-0.2, -0.15) is 11.8 Å². The van der Waals surface area contributed by atoms with E-state index in [4.69, 9.17) is 5.11 Å². The second kappa shape index (κ2) is 12.0. The molecular weight excluding hydrogens is 254 g/mol. The van der Waals surface area contributed by atoms with Gasteiger partial charge in [0.2, 0.25) is 0 Å². The lowest BCUT2D eigenvalue weighted by atomic mass is 9.97. The fraction of sp³-hybridized carbons (Fsp3) is 1.00. The van der Waals surface area contributed by atoms with E-state index in [0.717, 1.165) is 17.4 Å². The lowest BCUT2D eigenvalue weighted by molar-refractivity contribution is 0.296. The predicted octanol–water partition coefficient (Wildman–Crippen LogP) is 3.97. The van der Waals surface area contributed by atoms with Crippen molar-refractivity contribution in [2.45, 2.75) is 81.9 Å². The molecule has 1 fully saturated rings. The van der Waals surface area contributed by atoms with Crippen LogP contribution >= 0.6 is 11.8 Å². The first-order valence-electron chi connectivity index (χ1n) is 8.28. The Kier molecular flexibility index (Phi) is 11.0. The SMILES string of the molecule is CNC1CCCCCCCCCCC1SCCCO. The van der Waals surface area contributed by atoms with E-state index in [0.29, 0.717) is 12.6 Å². The Morgan fingerprint density at radius 2 is 1.53 bits per heavy atom. The Bertz CT molecular complexity index is 201. The van der Waals surface area contributed by atoms with Gasteiger partial charge in [-0.25, -0.2) is 0 Å². The molecule has 0 aliphatic heterocycles. The molecule has 0 heterocycles. The van der Waals surface area contributed by atoms with Crippen LogP contribution in [-0.4, -0.2) is 35.8 Å². The molecule has 0 amide bonds. The van der Waals surface area contributed by atoms with Crippen LogP contribution in [-0.2, 0) is 0 Å². The second-order valence-electron chi connectivity index (χ2n) is 5.79. The number of hydrogen-bond acceptors (Lipinski definition) is 3. The van der Waals surface area contributed by atoms with Crippen LogP contribution in [0.4, 0.5) is 0 Å². The summed E-state index contributed by atoms with van der Waals surface area (Å²) in [6.07, 6.45) is 14.9. The van der Waals surface area contributed by atoms with Crippen molar-refractivity contribution in [1.29, 1.82) is 0 Å². The summed E-state index contributed by atoms with van der Waals surface area (Å²) in [5.74, 6) is 1.11. The largest absolute Gasteiger partial charge is 0.396 e. The molecule has 0 aromatic rings. The average molecular weight is 288 g/mol. The Balaban J connectivity index is 2.41. The predicted molar refractivity (Wildman–Crippen MR) is 87.0 cm³/mol. The van der Waals surface area contributed by atoms with Gasteiger partial charge in [-0.3, -0.25) is 0 Å². The summed E-state index contributed by atoms with van der Waals surface area (Å²) in [5, 5.41) is 13.2. The first-order chi connectivity index (χ1) is 9.38. The van der Waals surface area contributed by atoms with Crippen LogP contribution in [0.5, 0.6) is 0 Å². The molecule has 1 saturated carbocycles. The summed E-state index contributed by atoms with van der Waals surface area (Å²) in [6.45, 7) is 0.337. The van der Waals surface area contributed by atoms with Crippen LogP contribution in [0.15, 0.2) is 0 Å². The van der Waals surface area contributed by atoms with Crippen molar-refractivity contribution in [2.24, 2.45) is 0 Å². The number of nitrogens with one attached hydrogen (secondary N) is 1.